The maximum absolute atomic E-state index is 12.0. The fourth-order valence-electron chi connectivity index (χ4n) is 2.89. The van der Waals surface area contributed by atoms with Gasteiger partial charge in [0.2, 0.25) is 0 Å². The van der Waals surface area contributed by atoms with Gasteiger partial charge in [0, 0.05) is 12.1 Å². The second kappa shape index (κ2) is 5.47. The van der Waals surface area contributed by atoms with Gasteiger partial charge in [-0.1, -0.05) is 13.8 Å². The van der Waals surface area contributed by atoms with Crippen molar-refractivity contribution < 1.29 is 19.1 Å². The molecule has 0 aliphatic heterocycles. The first-order chi connectivity index (χ1) is 8.95. The number of carboxylic acid groups (broad SMARTS) is 1. The van der Waals surface area contributed by atoms with Crippen molar-refractivity contribution in [2.24, 2.45) is 11.8 Å². The number of carboxylic acids is 1. The summed E-state index contributed by atoms with van der Waals surface area (Å²) in [7, 11) is 0. The van der Waals surface area contributed by atoms with Crippen molar-refractivity contribution in [2.75, 3.05) is 0 Å². The molecular weight excluding hydrogens is 246 g/mol. The van der Waals surface area contributed by atoms with Gasteiger partial charge < -0.3 is 14.8 Å². The fourth-order valence-corrected chi connectivity index (χ4v) is 2.89. The van der Waals surface area contributed by atoms with E-state index in [1.54, 1.807) is 0 Å². The second-order valence-electron chi connectivity index (χ2n) is 5.59. The van der Waals surface area contributed by atoms with Gasteiger partial charge >= 0.3 is 5.97 Å². The molecule has 2 atom stereocenters. The maximum atomic E-state index is 12.0. The highest BCUT2D eigenvalue weighted by Crippen LogP contribution is 2.28. The SMILES string of the molecule is CC1CC(C)CC(NC(=O)c2cc(C(=O)O)co2)C1. The second-order valence-corrected chi connectivity index (χ2v) is 5.59. The van der Waals surface area contributed by atoms with E-state index in [9.17, 15) is 9.59 Å². The lowest BCUT2D eigenvalue weighted by atomic mass is 9.80. The average Bonchev–Trinajstić information content (AvgIpc) is 2.76. The Hall–Kier alpha value is -1.78. The first-order valence-electron chi connectivity index (χ1n) is 6.58. The highest BCUT2D eigenvalue weighted by atomic mass is 16.4. The van der Waals surface area contributed by atoms with Crippen molar-refractivity contribution in [3.63, 3.8) is 0 Å². The van der Waals surface area contributed by atoms with E-state index >= 15 is 0 Å². The minimum absolute atomic E-state index is 0.00414. The Labute approximate surface area is 112 Å². The van der Waals surface area contributed by atoms with Crippen LogP contribution in [-0.2, 0) is 0 Å². The zero-order valence-electron chi connectivity index (χ0n) is 11.2. The monoisotopic (exact) mass is 265 g/mol. The first kappa shape index (κ1) is 13.6. The molecule has 0 radical (unpaired) electrons. The summed E-state index contributed by atoms with van der Waals surface area (Å²) in [4.78, 5) is 22.7. The minimum Gasteiger partial charge on any atom is -0.478 e. The van der Waals surface area contributed by atoms with E-state index in [2.05, 4.69) is 19.2 Å². The van der Waals surface area contributed by atoms with Gasteiger partial charge in [0.25, 0.3) is 5.91 Å². The number of carbonyl (C=O) groups is 2. The fraction of sp³-hybridized carbons (Fsp3) is 0.571. The summed E-state index contributed by atoms with van der Waals surface area (Å²) >= 11 is 0. The van der Waals surface area contributed by atoms with Crippen LogP contribution in [0, 0.1) is 11.8 Å². The molecule has 1 aliphatic carbocycles. The maximum Gasteiger partial charge on any atom is 0.338 e. The molecule has 1 fully saturated rings. The van der Waals surface area contributed by atoms with E-state index in [0.29, 0.717) is 11.8 Å². The third kappa shape index (κ3) is 3.36. The number of hydrogen-bond acceptors (Lipinski definition) is 3. The van der Waals surface area contributed by atoms with Gasteiger partial charge in [-0.05, 0) is 31.1 Å². The van der Waals surface area contributed by atoms with Crippen LogP contribution in [0.3, 0.4) is 0 Å². The van der Waals surface area contributed by atoms with Crippen LogP contribution in [0.5, 0.6) is 0 Å². The molecular formula is C14H19NO4. The molecule has 1 aromatic heterocycles. The Kier molecular flexibility index (Phi) is 3.93. The van der Waals surface area contributed by atoms with Gasteiger partial charge in [0.05, 0.1) is 5.56 Å². The van der Waals surface area contributed by atoms with Gasteiger partial charge in [-0.3, -0.25) is 4.79 Å². The van der Waals surface area contributed by atoms with Crippen molar-refractivity contribution in [2.45, 2.75) is 39.2 Å². The highest BCUT2D eigenvalue weighted by Gasteiger charge is 2.26. The van der Waals surface area contributed by atoms with Gasteiger partial charge in [0.15, 0.2) is 5.76 Å². The third-order valence-electron chi connectivity index (χ3n) is 3.58. The topological polar surface area (TPSA) is 79.5 Å². The van der Waals surface area contributed by atoms with Crippen molar-refractivity contribution >= 4 is 11.9 Å². The lowest BCUT2D eigenvalue weighted by Crippen LogP contribution is -2.39. The number of aromatic carboxylic acids is 1. The van der Waals surface area contributed by atoms with Crippen LogP contribution in [0.2, 0.25) is 0 Å². The molecule has 0 bridgehead atoms. The number of amides is 1. The Balaban J connectivity index is 1.98. The normalized spacial score (nSPS) is 26.9. The van der Waals surface area contributed by atoms with E-state index in [0.717, 1.165) is 19.1 Å². The zero-order chi connectivity index (χ0) is 14.0. The van der Waals surface area contributed by atoms with Crippen molar-refractivity contribution in [1.82, 2.24) is 5.32 Å². The van der Waals surface area contributed by atoms with Crippen molar-refractivity contribution in [3.8, 4) is 0 Å². The van der Waals surface area contributed by atoms with Crippen LogP contribution >= 0.6 is 0 Å². The summed E-state index contributed by atoms with van der Waals surface area (Å²) < 4.78 is 4.99. The smallest absolute Gasteiger partial charge is 0.338 e. The van der Waals surface area contributed by atoms with Gasteiger partial charge in [-0.15, -0.1) is 0 Å². The molecule has 5 heteroatoms. The molecule has 104 valence electrons. The lowest BCUT2D eigenvalue weighted by molar-refractivity contribution is 0.0695. The molecule has 1 aliphatic rings. The molecule has 0 saturated heterocycles. The van der Waals surface area contributed by atoms with E-state index in [-0.39, 0.29) is 23.3 Å². The average molecular weight is 265 g/mol. The van der Waals surface area contributed by atoms with Gasteiger partial charge in [-0.2, -0.15) is 0 Å². The Bertz CT molecular complexity index is 470. The third-order valence-corrected chi connectivity index (χ3v) is 3.58. The molecule has 1 heterocycles. The molecule has 2 rings (SSSR count). The Morgan fingerprint density at radius 2 is 1.89 bits per heavy atom. The summed E-state index contributed by atoms with van der Waals surface area (Å²) in [5.41, 5.74) is -0.00414. The summed E-state index contributed by atoms with van der Waals surface area (Å²) in [6.45, 7) is 4.37. The van der Waals surface area contributed by atoms with E-state index in [1.165, 1.54) is 12.5 Å². The summed E-state index contributed by atoms with van der Waals surface area (Å²) in [6.07, 6.45) is 4.20. The standard InChI is InChI=1S/C14H19NO4/c1-8-3-9(2)5-11(4-8)15-13(16)12-6-10(7-19-12)14(17)18/h6-9,11H,3-5H2,1-2H3,(H,15,16)(H,17,18). The van der Waals surface area contributed by atoms with Crippen LogP contribution in [-0.4, -0.2) is 23.0 Å². The molecule has 1 saturated carbocycles. The zero-order valence-corrected chi connectivity index (χ0v) is 11.2. The van der Waals surface area contributed by atoms with Crippen LogP contribution < -0.4 is 5.32 Å². The van der Waals surface area contributed by atoms with Crippen LogP contribution in [0.15, 0.2) is 16.7 Å². The molecule has 0 spiro atoms. The Morgan fingerprint density at radius 3 is 2.42 bits per heavy atom. The first-order valence-corrected chi connectivity index (χ1v) is 6.58. The number of carbonyl (C=O) groups excluding carboxylic acids is 1. The van der Waals surface area contributed by atoms with Gasteiger partial charge in [-0.25, -0.2) is 4.79 Å². The molecule has 0 aromatic carbocycles. The van der Waals surface area contributed by atoms with Crippen LogP contribution in [0.25, 0.3) is 0 Å². The molecule has 2 N–H and O–H groups in total. The summed E-state index contributed by atoms with van der Waals surface area (Å²) in [6, 6.07) is 1.40. The van der Waals surface area contributed by atoms with Gasteiger partial charge in [0.1, 0.15) is 6.26 Å². The van der Waals surface area contributed by atoms with Crippen molar-refractivity contribution in [1.29, 1.82) is 0 Å². The minimum atomic E-state index is -1.09. The van der Waals surface area contributed by atoms with Crippen molar-refractivity contribution in [3.05, 3.63) is 23.7 Å². The largest absolute Gasteiger partial charge is 0.478 e. The number of hydrogen-bond donors (Lipinski definition) is 2. The summed E-state index contributed by atoms with van der Waals surface area (Å²) in [5.74, 6) is -0.176. The summed E-state index contributed by atoms with van der Waals surface area (Å²) in [5, 5.41) is 11.7. The molecule has 5 nitrogen and oxygen atoms in total. The molecule has 1 aromatic rings. The molecule has 2 unspecified atom stereocenters. The van der Waals surface area contributed by atoms with Crippen LogP contribution in [0.4, 0.5) is 0 Å². The predicted molar refractivity (Wildman–Crippen MR) is 69.1 cm³/mol. The number of nitrogens with one attached hydrogen (secondary N) is 1. The van der Waals surface area contributed by atoms with E-state index in [4.69, 9.17) is 9.52 Å². The Morgan fingerprint density at radius 1 is 1.26 bits per heavy atom. The van der Waals surface area contributed by atoms with E-state index in [1.807, 2.05) is 0 Å². The lowest BCUT2D eigenvalue weighted by Gasteiger charge is -2.31. The van der Waals surface area contributed by atoms with Crippen LogP contribution in [0.1, 0.15) is 54.0 Å². The quantitative estimate of drug-likeness (QED) is 0.880. The highest BCUT2D eigenvalue weighted by molar-refractivity contribution is 5.95. The molecule has 1 amide bonds. The predicted octanol–water partition coefficient (Wildman–Crippen LogP) is 2.53. The number of furan rings is 1. The molecule has 19 heavy (non-hydrogen) atoms. The van der Waals surface area contributed by atoms with E-state index < -0.39 is 5.97 Å². The number of rotatable bonds is 3.